The number of nitrogens with two attached hydrogens (primary N) is 1. The van der Waals surface area contributed by atoms with E-state index >= 15 is 0 Å². The average Bonchev–Trinajstić information content (AvgIpc) is 3.55. The molecule has 1 aromatic carbocycles. The molecule has 198 valence electrons. The molecule has 2 aliphatic heterocycles. The third kappa shape index (κ3) is 9.08. The molecule has 0 radical (unpaired) electrons. The molecule has 1 aromatic heterocycles. The highest BCUT2D eigenvalue weighted by Gasteiger charge is 2.23. The molecule has 2 aromatic rings. The molecular weight excluding hydrogens is 470 g/mol. The molecule has 2 aliphatic rings. The first-order valence-electron chi connectivity index (χ1n) is 12.5. The van der Waals surface area contributed by atoms with Crippen LogP contribution < -0.4 is 15.8 Å². The number of guanidine groups is 1. The van der Waals surface area contributed by atoms with E-state index in [0.717, 1.165) is 80.4 Å². The molecule has 10 heteroatoms. The van der Waals surface area contributed by atoms with Crippen LogP contribution in [0.3, 0.4) is 0 Å². The van der Waals surface area contributed by atoms with Gasteiger partial charge in [0, 0.05) is 49.7 Å². The maximum atomic E-state index is 11.9. The smallest absolute Gasteiger partial charge is 0.242 e. The standard InChI is InChI=1S/C13H15N5O.C12H20N2O2.C2H2/c1-19-10-2-3-12-11(6-10)9(7-17-12)4-5-16-13(15)18-8-14;15-11-6-2-1-3-9-14(11)10-12(16)13-7-4-5-8-13;1-2/h2-3,6-7,17H,4-5H2,1H3,(H3,15,16,18);1-10H2;1-2H. The highest BCUT2D eigenvalue weighted by atomic mass is 16.5. The second kappa shape index (κ2) is 15.7. The van der Waals surface area contributed by atoms with Gasteiger partial charge in [-0.3, -0.25) is 19.9 Å². The predicted molar refractivity (Wildman–Crippen MR) is 145 cm³/mol. The summed E-state index contributed by atoms with van der Waals surface area (Å²) in [5, 5.41) is 11.8. The highest BCUT2D eigenvalue weighted by Crippen LogP contribution is 2.23. The van der Waals surface area contributed by atoms with Crippen LogP contribution in [0.15, 0.2) is 29.4 Å². The molecule has 3 heterocycles. The zero-order chi connectivity index (χ0) is 27.0. The first kappa shape index (κ1) is 29.1. The summed E-state index contributed by atoms with van der Waals surface area (Å²) in [5.41, 5.74) is 7.67. The Morgan fingerprint density at radius 3 is 2.65 bits per heavy atom. The van der Waals surface area contributed by atoms with Gasteiger partial charge in [0.1, 0.15) is 5.75 Å². The molecule has 0 spiro atoms. The molecule has 2 amide bonds. The second-order valence-corrected chi connectivity index (χ2v) is 8.69. The number of H-pyrrole nitrogens is 1. The molecule has 0 atom stereocenters. The number of terminal acetylenes is 1. The number of hydrogen-bond acceptors (Lipinski definition) is 5. The molecule has 37 heavy (non-hydrogen) atoms. The van der Waals surface area contributed by atoms with Crippen molar-refractivity contribution in [2.45, 2.75) is 44.9 Å². The van der Waals surface area contributed by atoms with E-state index in [1.807, 2.05) is 29.3 Å². The highest BCUT2D eigenvalue weighted by molar-refractivity contribution is 5.85. The molecule has 0 unspecified atom stereocenters. The number of aromatic amines is 1. The topological polar surface area (TPSA) is 140 Å². The minimum absolute atomic E-state index is 0.132. The van der Waals surface area contributed by atoms with Crippen LogP contribution in [0.2, 0.25) is 0 Å². The summed E-state index contributed by atoms with van der Waals surface area (Å²) in [6.07, 6.45) is 18.4. The number of aromatic nitrogens is 1. The van der Waals surface area contributed by atoms with Crippen LogP contribution in [-0.4, -0.2) is 72.4 Å². The average molecular weight is 508 g/mol. The lowest BCUT2D eigenvalue weighted by molar-refractivity contribution is -0.139. The normalized spacial score (nSPS) is 15.5. The number of nitrogens with zero attached hydrogens (tertiary/aromatic N) is 4. The van der Waals surface area contributed by atoms with Gasteiger partial charge in [0.25, 0.3) is 0 Å². The number of benzene rings is 1. The van der Waals surface area contributed by atoms with E-state index in [2.05, 4.69) is 28.1 Å². The fraction of sp³-hybridized carbons (Fsp3) is 0.481. The number of carbonyl (C=O) groups excluding carboxylic acids is 2. The SMILES string of the molecule is C#C.COc1ccc2[nH]cc(CCN=C(N)NC#N)c2c1.O=C(CN1CCCCCC1=O)N1CCCC1. The van der Waals surface area contributed by atoms with Gasteiger partial charge in [0.05, 0.1) is 13.7 Å². The Bertz CT molecular complexity index is 1110. The molecule has 4 rings (SSSR count). The number of fused-ring (bicyclic) bond motifs is 1. The van der Waals surface area contributed by atoms with E-state index in [4.69, 9.17) is 15.7 Å². The van der Waals surface area contributed by atoms with Crippen molar-refractivity contribution in [3.05, 3.63) is 30.0 Å². The maximum absolute atomic E-state index is 11.9. The molecule has 4 N–H and O–H groups in total. The van der Waals surface area contributed by atoms with Crippen LogP contribution >= 0.6 is 0 Å². The third-order valence-electron chi connectivity index (χ3n) is 6.28. The summed E-state index contributed by atoms with van der Waals surface area (Å²) in [5.74, 6) is 1.25. The first-order valence-corrected chi connectivity index (χ1v) is 12.5. The number of likely N-dealkylation sites (tertiary alicyclic amines) is 2. The Hall–Kier alpha value is -4.18. The number of nitrogens with one attached hydrogen (secondary N) is 2. The summed E-state index contributed by atoms with van der Waals surface area (Å²) in [6.45, 7) is 3.34. The number of nitriles is 1. The Kier molecular flexibility index (Phi) is 12.4. The minimum atomic E-state index is 0.132. The van der Waals surface area contributed by atoms with E-state index in [-0.39, 0.29) is 17.8 Å². The molecular formula is C27H37N7O3. The Morgan fingerprint density at radius 2 is 1.95 bits per heavy atom. The monoisotopic (exact) mass is 507 g/mol. The van der Waals surface area contributed by atoms with Gasteiger partial charge in [-0.25, -0.2) is 0 Å². The van der Waals surface area contributed by atoms with Gasteiger partial charge in [0.2, 0.25) is 17.8 Å². The molecule has 0 aliphatic carbocycles. The number of methoxy groups -OCH3 is 1. The van der Waals surface area contributed by atoms with Gasteiger partial charge in [-0.2, -0.15) is 5.26 Å². The zero-order valence-electron chi connectivity index (χ0n) is 21.5. The molecule has 10 nitrogen and oxygen atoms in total. The van der Waals surface area contributed by atoms with Gasteiger partial charge in [-0.15, -0.1) is 12.8 Å². The van der Waals surface area contributed by atoms with E-state index in [9.17, 15) is 9.59 Å². The van der Waals surface area contributed by atoms with Crippen LogP contribution in [0.5, 0.6) is 5.75 Å². The van der Waals surface area contributed by atoms with Crippen molar-refractivity contribution in [2.24, 2.45) is 10.7 Å². The second-order valence-electron chi connectivity index (χ2n) is 8.69. The summed E-state index contributed by atoms with van der Waals surface area (Å²) >= 11 is 0. The van der Waals surface area contributed by atoms with E-state index in [1.165, 1.54) is 0 Å². The van der Waals surface area contributed by atoms with Crippen LogP contribution in [0.25, 0.3) is 10.9 Å². The summed E-state index contributed by atoms with van der Waals surface area (Å²) in [4.78, 5) is 34.5. The maximum Gasteiger partial charge on any atom is 0.242 e. The van der Waals surface area contributed by atoms with Gasteiger partial charge >= 0.3 is 0 Å². The molecule has 2 fully saturated rings. The number of hydrogen-bond donors (Lipinski definition) is 3. The van der Waals surface area contributed by atoms with Crippen molar-refractivity contribution < 1.29 is 14.3 Å². The number of ether oxygens (including phenoxy) is 1. The largest absolute Gasteiger partial charge is 0.497 e. The van der Waals surface area contributed by atoms with Gasteiger partial charge in [0.15, 0.2) is 6.19 Å². The fourth-order valence-electron chi connectivity index (χ4n) is 4.32. The van der Waals surface area contributed by atoms with Crippen LogP contribution in [0.4, 0.5) is 0 Å². The minimum Gasteiger partial charge on any atom is -0.497 e. The molecule has 0 bridgehead atoms. The molecule has 2 saturated heterocycles. The predicted octanol–water partition coefficient (Wildman–Crippen LogP) is 2.37. The number of carbonyl (C=O) groups is 2. The van der Waals surface area contributed by atoms with E-state index in [1.54, 1.807) is 18.2 Å². The van der Waals surface area contributed by atoms with E-state index < -0.39 is 0 Å². The van der Waals surface area contributed by atoms with Crippen molar-refractivity contribution in [3.8, 4) is 24.8 Å². The van der Waals surface area contributed by atoms with Crippen molar-refractivity contribution in [2.75, 3.05) is 39.8 Å². The van der Waals surface area contributed by atoms with Crippen molar-refractivity contribution in [1.82, 2.24) is 20.1 Å². The van der Waals surface area contributed by atoms with Gasteiger partial charge in [-0.05, 0) is 55.9 Å². The number of amides is 2. The molecule has 0 saturated carbocycles. The summed E-state index contributed by atoms with van der Waals surface area (Å²) in [6, 6.07) is 5.88. The Balaban J connectivity index is 0.000000247. The van der Waals surface area contributed by atoms with Crippen LogP contribution in [0, 0.1) is 24.3 Å². The van der Waals surface area contributed by atoms with Crippen LogP contribution in [-0.2, 0) is 16.0 Å². The van der Waals surface area contributed by atoms with Crippen molar-refractivity contribution in [3.63, 3.8) is 0 Å². The third-order valence-corrected chi connectivity index (χ3v) is 6.28. The fourth-order valence-corrected chi connectivity index (χ4v) is 4.32. The first-order chi connectivity index (χ1) is 18.0. The Morgan fingerprint density at radius 1 is 1.22 bits per heavy atom. The van der Waals surface area contributed by atoms with Crippen molar-refractivity contribution in [1.29, 1.82) is 5.26 Å². The lowest BCUT2D eigenvalue weighted by Gasteiger charge is -2.23. The van der Waals surface area contributed by atoms with Gasteiger partial charge < -0.3 is 25.3 Å². The quantitative estimate of drug-likeness (QED) is 0.180. The summed E-state index contributed by atoms with van der Waals surface area (Å²) < 4.78 is 5.21. The number of aliphatic imine (C=N–C) groups is 1. The number of rotatable bonds is 6. The zero-order valence-corrected chi connectivity index (χ0v) is 21.5. The lowest BCUT2D eigenvalue weighted by Crippen LogP contribution is -2.41. The van der Waals surface area contributed by atoms with Gasteiger partial charge in [-0.1, -0.05) is 6.42 Å². The summed E-state index contributed by atoms with van der Waals surface area (Å²) in [7, 11) is 1.64. The van der Waals surface area contributed by atoms with Crippen molar-refractivity contribution >= 4 is 28.7 Å². The lowest BCUT2D eigenvalue weighted by atomic mass is 10.1. The van der Waals surface area contributed by atoms with Crippen LogP contribution in [0.1, 0.15) is 44.1 Å². The Labute approximate surface area is 218 Å². The van der Waals surface area contributed by atoms with E-state index in [0.29, 0.717) is 19.5 Å².